The molecule has 0 aliphatic heterocycles. The van der Waals surface area contributed by atoms with Gasteiger partial charge in [0.2, 0.25) is 11.8 Å². The van der Waals surface area contributed by atoms with Gasteiger partial charge in [-0.15, -0.1) is 0 Å². The van der Waals surface area contributed by atoms with Gasteiger partial charge in [0.15, 0.2) is 0 Å². The Balaban J connectivity index is 2.33. The van der Waals surface area contributed by atoms with Gasteiger partial charge in [-0.25, -0.2) is 0 Å². The molecular formula is C12H22N2O4. The molecule has 0 radical (unpaired) electrons. The van der Waals surface area contributed by atoms with Gasteiger partial charge in [0, 0.05) is 12.5 Å². The molecule has 2 atom stereocenters. The first-order valence-electron chi connectivity index (χ1n) is 6.32. The topological polar surface area (TPSA) is 98.7 Å². The normalized spacial score (nSPS) is 18.3. The Labute approximate surface area is 107 Å². The smallest absolute Gasteiger partial charge is 0.245 e. The van der Waals surface area contributed by atoms with Crippen molar-refractivity contribution in [2.75, 3.05) is 13.2 Å². The van der Waals surface area contributed by atoms with Gasteiger partial charge in [0.05, 0.1) is 12.7 Å². The Kier molecular flexibility index (Phi) is 5.55. The monoisotopic (exact) mass is 258 g/mol. The fourth-order valence-corrected chi connectivity index (χ4v) is 1.51. The molecule has 0 spiro atoms. The van der Waals surface area contributed by atoms with Crippen LogP contribution >= 0.6 is 0 Å². The van der Waals surface area contributed by atoms with Crippen molar-refractivity contribution in [1.29, 1.82) is 0 Å². The first-order valence-corrected chi connectivity index (χ1v) is 6.32. The lowest BCUT2D eigenvalue weighted by atomic mass is 10.1. The number of rotatable bonds is 7. The summed E-state index contributed by atoms with van der Waals surface area (Å²) in [5.41, 5.74) is 0. The van der Waals surface area contributed by atoms with E-state index in [4.69, 9.17) is 5.11 Å². The predicted octanol–water partition coefficient (Wildman–Crippen LogP) is -0.993. The van der Waals surface area contributed by atoms with Crippen LogP contribution in [0.4, 0.5) is 0 Å². The van der Waals surface area contributed by atoms with Crippen LogP contribution in [0.5, 0.6) is 0 Å². The lowest BCUT2D eigenvalue weighted by Gasteiger charge is -2.18. The van der Waals surface area contributed by atoms with Gasteiger partial charge in [-0.2, -0.15) is 0 Å². The number of hydrogen-bond acceptors (Lipinski definition) is 4. The molecule has 2 amide bonds. The zero-order chi connectivity index (χ0) is 13.7. The number of aliphatic hydroxyl groups excluding tert-OH is 2. The van der Waals surface area contributed by atoms with Gasteiger partial charge >= 0.3 is 0 Å². The largest absolute Gasteiger partial charge is 0.394 e. The first-order chi connectivity index (χ1) is 8.45. The number of nitrogens with one attached hydrogen (secondary N) is 2. The molecule has 6 heteroatoms. The second-order valence-corrected chi connectivity index (χ2v) is 5.05. The second kappa shape index (κ2) is 6.70. The molecule has 1 fully saturated rings. The van der Waals surface area contributed by atoms with Gasteiger partial charge in [-0.1, -0.05) is 13.8 Å². The average molecular weight is 258 g/mol. The van der Waals surface area contributed by atoms with Crippen LogP contribution in [0.3, 0.4) is 0 Å². The summed E-state index contributed by atoms with van der Waals surface area (Å²) >= 11 is 0. The van der Waals surface area contributed by atoms with Crippen LogP contribution in [0.15, 0.2) is 0 Å². The maximum atomic E-state index is 11.7. The summed E-state index contributed by atoms with van der Waals surface area (Å²) in [6, 6.07) is -0.952. The molecule has 18 heavy (non-hydrogen) atoms. The van der Waals surface area contributed by atoms with Crippen molar-refractivity contribution in [3.63, 3.8) is 0 Å². The fraction of sp³-hybridized carbons (Fsp3) is 0.833. The first kappa shape index (κ1) is 14.9. The van der Waals surface area contributed by atoms with Crippen molar-refractivity contribution in [3.8, 4) is 0 Å². The molecular weight excluding hydrogens is 236 g/mol. The highest BCUT2D eigenvalue weighted by molar-refractivity contribution is 5.88. The molecule has 0 aromatic heterocycles. The van der Waals surface area contributed by atoms with Crippen LogP contribution in [0.25, 0.3) is 0 Å². The van der Waals surface area contributed by atoms with E-state index in [0.29, 0.717) is 0 Å². The van der Waals surface area contributed by atoms with Crippen LogP contribution in [0.2, 0.25) is 0 Å². The molecule has 0 aromatic carbocycles. The van der Waals surface area contributed by atoms with E-state index in [1.165, 1.54) is 0 Å². The summed E-state index contributed by atoms with van der Waals surface area (Å²) in [7, 11) is 0. The molecule has 0 heterocycles. The summed E-state index contributed by atoms with van der Waals surface area (Å²) in [6.07, 6.45) is 1.45. The van der Waals surface area contributed by atoms with E-state index >= 15 is 0 Å². The number of amides is 2. The van der Waals surface area contributed by atoms with Crippen LogP contribution in [0.1, 0.15) is 26.7 Å². The maximum absolute atomic E-state index is 11.7. The zero-order valence-electron chi connectivity index (χ0n) is 10.8. The quantitative estimate of drug-likeness (QED) is 0.471. The van der Waals surface area contributed by atoms with E-state index in [9.17, 15) is 14.7 Å². The Hall–Kier alpha value is -1.14. The maximum Gasteiger partial charge on any atom is 0.245 e. The van der Waals surface area contributed by atoms with Crippen molar-refractivity contribution in [2.24, 2.45) is 11.8 Å². The van der Waals surface area contributed by atoms with Crippen LogP contribution in [0, 0.1) is 11.8 Å². The molecule has 104 valence electrons. The lowest BCUT2D eigenvalue weighted by molar-refractivity contribution is -0.131. The molecule has 1 saturated carbocycles. The van der Waals surface area contributed by atoms with Crippen molar-refractivity contribution >= 4 is 11.8 Å². The predicted molar refractivity (Wildman–Crippen MR) is 65.6 cm³/mol. The molecule has 6 nitrogen and oxygen atoms in total. The number of aliphatic hydroxyl groups is 2. The average Bonchev–Trinajstić information content (AvgIpc) is 3.15. The standard InChI is InChI=1S/C12H22N2O4/c1-7(2)11(17)14-9(6-15)12(18)13-5-10(16)8-3-4-8/h7-10,15-16H,3-6H2,1-2H3,(H,13,18)(H,14,17)/t9-,10+/m0/s1. The van der Waals surface area contributed by atoms with Crippen molar-refractivity contribution in [2.45, 2.75) is 38.8 Å². The van der Waals surface area contributed by atoms with E-state index in [2.05, 4.69) is 10.6 Å². The summed E-state index contributed by atoms with van der Waals surface area (Å²) in [6.45, 7) is 3.12. The Morgan fingerprint density at radius 2 is 1.89 bits per heavy atom. The van der Waals surface area contributed by atoms with E-state index in [-0.39, 0.29) is 24.3 Å². The van der Waals surface area contributed by atoms with Gasteiger partial charge in [0.25, 0.3) is 0 Å². The minimum Gasteiger partial charge on any atom is -0.394 e. The lowest BCUT2D eigenvalue weighted by Crippen LogP contribution is -2.51. The van der Waals surface area contributed by atoms with Crippen molar-refractivity contribution in [1.82, 2.24) is 10.6 Å². The molecule has 1 rings (SSSR count). The van der Waals surface area contributed by atoms with Crippen LogP contribution < -0.4 is 10.6 Å². The zero-order valence-corrected chi connectivity index (χ0v) is 10.8. The number of hydrogen-bond donors (Lipinski definition) is 4. The van der Waals surface area contributed by atoms with Crippen LogP contribution in [-0.4, -0.2) is 47.3 Å². The Morgan fingerprint density at radius 3 is 2.33 bits per heavy atom. The summed E-state index contributed by atoms with van der Waals surface area (Å²) < 4.78 is 0. The van der Waals surface area contributed by atoms with Crippen LogP contribution in [-0.2, 0) is 9.59 Å². The van der Waals surface area contributed by atoms with E-state index in [1.807, 2.05) is 0 Å². The van der Waals surface area contributed by atoms with Crippen molar-refractivity contribution < 1.29 is 19.8 Å². The summed E-state index contributed by atoms with van der Waals surface area (Å²) in [5.74, 6) is -0.717. The highest BCUT2D eigenvalue weighted by Gasteiger charge is 2.30. The highest BCUT2D eigenvalue weighted by atomic mass is 16.3. The van der Waals surface area contributed by atoms with E-state index in [0.717, 1.165) is 12.8 Å². The number of carbonyl (C=O) groups excluding carboxylic acids is 2. The molecule has 0 saturated heterocycles. The van der Waals surface area contributed by atoms with Gasteiger partial charge in [-0.3, -0.25) is 9.59 Å². The Bertz CT molecular complexity index is 302. The molecule has 4 N–H and O–H groups in total. The fourth-order valence-electron chi connectivity index (χ4n) is 1.51. The van der Waals surface area contributed by atoms with E-state index in [1.54, 1.807) is 13.8 Å². The summed E-state index contributed by atoms with van der Waals surface area (Å²) in [4.78, 5) is 23.1. The minimum atomic E-state index is -0.952. The third-order valence-corrected chi connectivity index (χ3v) is 2.99. The minimum absolute atomic E-state index is 0.164. The molecule has 0 unspecified atom stereocenters. The summed E-state index contributed by atoms with van der Waals surface area (Å²) in [5, 5.41) is 23.7. The molecule has 0 bridgehead atoms. The van der Waals surface area contributed by atoms with Gasteiger partial charge < -0.3 is 20.8 Å². The number of carbonyl (C=O) groups is 2. The SMILES string of the molecule is CC(C)C(=O)N[C@@H](CO)C(=O)NC[C@@H](O)C1CC1. The van der Waals surface area contributed by atoms with Crippen molar-refractivity contribution in [3.05, 3.63) is 0 Å². The molecule has 1 aliphatic rings. The third-order valence-electron chi connectivity index (χ3n) is 2.99. The molecule has 0 aromatic rings. The van der Waals surface area contributed by atoms with E-state index < -0.39 is 24.7 Å². The molecule has 1 aliphatic carbocycles. The second-order valence-electron chi connectivity index (χ2n) is 5.05. The third kappa shape index (κ3) is 4.62. The Morgan fingerprint density at radius 1 is 1.28 bits per heavy atom. The van der Waals surface area contributed by atoms with Gasteiger partial charge in [-0.05, 0) is 18.8 Å². The highest BCUT2D eigenvalue weighted by Crippen LogP contribution is 2.32. The van der Waals surface area contributed by atoms with Gasteiger partial charge in [0.1, 0.15) is 6.04 Å².